The van der Waals surface area contributed by atoms with Crippen LogP contribution in [-0.4, -0.2) is 26.9 Å². The topological polar surface area (TPSA) is 68.5 Å². The van der Waals surface area contributed by atoms with Gasteiger partial charge in [-0.2, -0.15) is 5.10 Å². The van der Waals surface area contributed by atoms with E-state index in [2.05, 4.69) is 20.1 Å². The highest BCUT2D eigenvalue weighted by molar-refractivity contribution is 7.16. The molecule has 10 heteroatoms. The molecular weight excluding hydrogens is 357 g/mol. The number of nitrogens with one attached hydrogen (secondary N) is 1. The number of amides is 1. The van der Waals surface area contributed by atoms with E-state index < -0.39 is 12.3 Å². The number of halogens is 3. The van der Waals surface area contributed by atoms with Crippen LogP contribution >= 0.6 is 11.3 Å². The lowest BCUT2D eigenvalue weighted by Crippen LogP contribution is -2.24. The number of benzene rings is 1. The first-order chi connectivity index (χ1) is 11.7. The average Bonchev–Trinajstić information content (AvgIpc) is 2.99. The van der Waals surface area contributed by atoms with E-state index in [4.69, 9.17) is 0 Å². The van der Waals surface area contributed by atoms with Crippen molar-refractivity contribution in [3.63, 3.8) is 0 Å². The van der Waals surface area contributed by atoms with Crippen molar-refractivity contribution < 1.29 is 22.7 Å². The van der Waals surface area contributed by atoms with E-state index in [1.807, 2.05) is 13.8 Å². The second kappa shape index (κ2) is 6.36. The van der Waals surface area contributed by atoms with E-state index in [9.17, 15) is 18.0 Å². The van der Waals surface area contributed by atoms with Gasteiger partial charge in [0.25, 0.3) is 5.91 Å². The first kappa shape index (κ1) is 17.2. The Morgan fingerprint density at radius 2 is 1.96 bits per heavy atom. The number of rotatable bonds is 4. The summed E-state index contributed by atoms with van der Waals surface area (Å²) in [6, 6.07) is 4.72. The minimum atomic E-state index is -4.76. The van der Waals surface area contributed by atoms with Crippen LogP contribution in [-0.2, 0) is 6.54 Å². The van der Waals surface area contributed by atoms with Crippen LogP contribution in [0.4, 0.5) is 13.2 Å². The van der Waals surface area contributed by atoms with Gasteiger partial charge in [-0.3, -0.25) is 4.79 Å². The minimum Gasteiger partial charge on any atom is -0.406 e. The lowest BCUT2D eigenvalue weighted by Gasteiger charge is -2.09. The van der Waals surface area contributed by atoms with Crippen molar-refractivity contribution in [2.45, 2.75) is 26.8 Å². The second-order valence-electron chi connectivity index (χ2n) is 5.21. The van der Waals surface area contributed by atoms with Gasteiger partial charge in [0.2, 0.25) is 4.96 Å². The Balaban J connectivity index is 1.68. The Bertz CT molecular complexity index is 915. The van der Waals surface area contributed by atoms with Crippen LogP contribution in [0.15, 0.2) is 24.3 Å². The molecule has 3 rings (SSSR count). The summed E-state index contributed by atoms with van der Waals surface area (Å²) in [7, 11) is 0. The molecule has 0 aliphatic carbocycles. The Kier molecular flexibility index (Phi) is 4.38. The van der Waals surface area contributed by atoms with Gasteiger partial charge in [-0.05, 0) is 38.1 Å². The number of aryl methyl sites for hydroxylation is 2. The van der Waals surface area contributed by atoms with Gasteiger partial charge in [0.15, 0.2) is 0 Å². The SMILES string of the molecule is Cc1nn2c(CNC(=O)c3ccc(OC(F)(F)F)cc3)c(C)nc2s1. The highest BCUT2D eigenvalue weighted by Gasteiger charge is 2.31. The number of ether oxygens (including phenoxy) is 1. The van der Waals surface area contributed by atoms with E-state index >= 15 is 0 Å². The predicted octanol–water partition coefficient (Wildman–Crippen LogP) is 3.24. The van der Waals surface area contributed by atoms with Gasteiger partial charge in [-0.15, -0.1) is 13.2 Å². The summed E-state index contributed by atoms with van der Waals surface area (Å²) >= 11 is 1.45. The minimum absolute atomic E-state index is 0.204. The molecule has 0 saturated carbocycles. The average molecular weight is 370 g/mol. The van der Waals surface area contributed by atoms with Crippen LogP contribution in [0.2, 0.25) is 0 Å². The third-order valence-electron chi connectivity index (χ3n) is 3.36. The number of hydrogen-bond donors (Lipinski definition) is 1. The molecule has 0 atom stereocenters. The summed E-state index contributed by atoms with van der Waals surface area (Å²) in [5.74, 6) is -0.796. The van der Waals surface area contributed by atoms with Gasteiger partial charge >= 0.3 is 6.36 Å². The van der Waals surface area contributed by atoms with Crippen molar-refractivity contribution in [2.75, 3.05) is 0 Å². The predicted molar refractivity (Wildman–Crippen MR) is 84.6 cm³/mol. The number of fused-ring (bicyclic) bond motifs is 1. The van der Waals surface area contributed by atoms with Gasteiger partial charge in [0, 0.05) is 5.56 Å². The summed E-state index contributed by atoms with van der Waals surface area (Å²) in [5, 5.41) is 7.90. The Morgan fingerprint density at radius 3 is 2.60 bits per heavy atom. The molecule has 0 aliphatic heterocycles. The fraction of sp³-hybridized carbons (Fsp3) is 0.267. The fourth-order valence-corrected chi connectivity index (χ4v) is 3.07. The summed E-state index contributed by atoms with van der Waals surface area (Å²) in [6.45, 7) is 3.89. The molecule has 6 nitrogen and oxygen atoms in total. The second-order valence-corrected chi connectivity index (χ2v) is 6.37. The first-order valence-corrected chi connectivity index (χ1v) is 8.00. The molecule has 1 N–H and O–H groups in total. The molecule has 132 valence electrons. The van der Waals surface area contributed by atoms with E-state index in [1.54, 1.807) is 4.52 Å². The molecule has 0 aliphatic rings. The van der Waals surface area contributed by atoms with Crippen LogP contribution in [0, 0.1) is 13.8 Å². The number of nitrogens with zero attached hydrogens (tertiary/aromatic N) is 3. The highest BCUT2D eigenvalue weighted by atomic mass is 32.1. The molecule has 2 heterocycles. The van der Waals surface area contributed by atoms with Crippen LogP contribution in [0.3, 0.4) is 0 Å². The molecule has 1 aromatic carbocycles. The lowest BCUT2D eigenvalue weighted by atomic mass is 10.2. The van der Waals surface area contributed by atoms with Crippen molar-refractivity contribution >= 4 is 22.2 Å². The summed E-state index contributed by atoms with van der Waals surface area (Å²) in [6.07, 6.45) is -4.76. The Labute approximate surface area is 144 Å². The fourth-order valence-electron chi connectivity index (χ4n) is 2.26. The smallest absolute Gasteiger partial charge is 0.406 e. The number of carbonyl (C=O) groups excluding carboxylic acids is 1. The third kappa shape index (κ3) is 3.90. The maximum Gasteiger partial charge on any atom is 0.573 e. The van der Waals surface area contributed by atoms with E-state index in [0.29, 0.717) is 0 Å². The standard InChI is InChI=1S/C15H13F3N4O2S/c1-8-12(22-14(20-8)25-9(2)21-22)7-19-13(23)10-3-5-11(6-4-10)24-15(16,17)18/h3-6H,7H2,1-2H3,(H,19,23). The molecule has 25 heavy (non-hydrogen) atoms. The van der Waals surface area contributed by atoms with Gasteiger partial charge in [0.1, 0.15) is 10.8 Å². The number of carbonyl (C=O) groups is 1. The van der Waals surface area contributed by atoms with Crippen molar-refractivity contribution in [1.82, 2.24) is 19.9 Å². The zero-order valence-electron chi connectivity index (χ0n) is 13.2. The monoisotopic (exact) mass is 370 g/mol. The van der Waals surface area contributed by atoms with Crippen molar-refractivity contribution in [3.05, 3.63) is 46.2 Å². The molecule has 1 amide bonds. The molecule has 0 unspecified atom stereocenters. The summed E-state index contributed by atoms with van der Waals surface area (Å²) in [4.78, 5) is 17.3. The van der Waals surface area contributed by atoms with E-state index in [0.717, 1.165) is 33.5 Å². The number of hydrogen-bond acceptors (Lipinski definition) is 5. The van der Waals surface area contributed by atoms with E-state index in [1.165, 1.54) is 23.5 Å². The highest BCUT2D eigenvalue weighted by Crippen LogP contribution is 2.23. The third-order valence-corrected chi connectivity index (χ3v) is 4.19. The van der Waals surface area contributed by atoms with Gasteiger partial charge in [-0.1, -0.05) is 11.3 Å². The van der Waals surface area contributed by atoms with Gasteiger partial charge in [-0.25, -0.2) is 9.50 Å². The van der Waals surface area contributed by atoms with Gasteiger partial charge in [0.05, 0.1) is 17.9 Å². The molecule has 3 aromatic rings. The Morgan fingerprint density at radius 1 is 1.28 bits per heavy atom. The normalized spacial score (nSPS) is 11.7. The van der Waals surface area contributed by atoms with Crippen LogP contribution in [0.5, 0.6) is 5.75 Å². The van der Waals surface area contributed by atoms with Gasteiger partial charge < -0.3 is 10.1 Å². The first-order valence-electron chi connectivity index (χ1n) is 7.18. The quantitative estimate of drug-likeness (QED) is 0.766. The molecule has 0 fully saturated rings. The van der Waals surface area contributed by atoms with Crippen LogP contribution in [0.1, 0.15) is 26.8 Å². The number of imidazole rings is 1. The summed E-state index contributed by atoms with van der Waals surface area (Å²) in [5.41, 5.74) is 1.74. The lowest BCUT2D eigenvalue weighted by molar-refractivity contribution is -0.274. The molecule has 2 aromatic heterocycles. The molecule has 0 spiro atoms. The van der Waals surface area contributed by atoms with Crippen molar-refractivity contribution in [3.8, 4) is 5.75 Å². The molecular formula is C15H13F3N4O2S. The molecule has 0 saturated heterocycles. The number of alkyl halides is 3. The van der Waals surface area contributed by atoms with Crippen molar-refractivity contribution in [2.24, 2.45) is 0 Å². The maximum atomic E-state index is 12.2. The zero-order chi connectivity index (χ0) is 18.2. The van der Waals surface area contributed by atoms with Crippen molar-refractivity contribution in [1.29, 1.82) is 0 Å². The number of aromatic nitrogens is 3. The van der Waals surface area contributed by atoms with E-state index in [-0.39, 0.29) is 17.9 Å². The largest absolute Gasteiger partial charge is 0.573 e. The summed E-state index contributed by atoms with van der Waals surface area (Å²) < 4.78 is 41.8. The van der Waals surface area contributed by atoms with Crippen LogP contribution < -0.4 is 10.1 Å². The van der Waals surface area contributed by atoms with Crippen LogP contribution in [0.25, 0.3) is 4.96 Å². The maximum absolute atomic E-state index is 12.2. The molecule has 0 radical (unpaired) electrons. The molecule has 0 bridgehead atoms. The Hall–Kier alpha value is -2.62. The zero-order valence-corrected chi connectivity index (χ0v) is 14.0.